The number of carboxylic acid groups (broad SMARTS) is 2. The lowest BCUT2D eigenvalue weighted by Crippen LogP contribution is -2.18. The highest BCUT2D eigenvalue weighted by Gasteiger charge is 2.21. The molecule has 0 saturated carbocycles. The van der Waals surface area contributed by atoms with Gasteiger partial charge in [0.15, 0.2) is 0 Å². The van der Waals surface area contributed by atoms with Crippen LogP contribution in [0.4, 0.5) is 11.4 Å². The molecule has 6 aromatic carbocycles. The predicted molar refractivity (Wildman–Crippen MR) is 213 cm³/mol. The predicted octanol–water partition coefficient (Wildman–Crippen LogP) is 8.01. The van der Waals surface area contributed by atoms with Crippen molar-refractivity contribution in [2.45, 2.75) is 19.8 Å². The van der Waals surface area contributed by atoms with Gasteiger partial charge in [-0.25, -0.2) is 19.2 Å². The molecule has 0 bridgehead atoms. The largest absolute Gasteiger partial charge is 0.478 e. The summed E-state index contributed by atoms with van der Waals surface area (Å²) in [5, 5.41) is 22.0. The smallest absolute Gasteiger partial charge is 0.338 e. The summed E-state index contributed by atoms with van der Waals surface area (Å²) in [5.41, 5.74) is 5.16. The van der Waals surface area contributed by atoms with Crippen molar-refractivity contribution in [1.82, 2.24) is 0 Å². The van der Waals surface area contributed by atoms with E-state index in [4.69, 9.17) is 23.8 Å². The van der Waals surface area contributed by atoms with Gasteiger partial charge in [0.25, 0.3) is 5.91 Å². The first-order chi connectivity index (χ1) is 28.6. The lowest BCUT2D eigenvalue weighted by molar-refractivity contribution is 0.0463. The highest BCUT2D eigenvalue weighted by atomic mass is 16.7. The molecule has 14 nitrogen and oxygen atoms in total. The van der Waals surface area contributed by atoms with Gasteiger partial charge in [0.05, 0.1) is 33.5 Å². The first-order valence-corrected chi connectivity index (χ1v) is 17.9. The van der Waals surface area contributed by atoms with Gasteiger partial charge in [-0.05, 0) is 102 Å². The van der Waals surface area contributed by atoms with Crippen molar-refractivity contribution in [2.75, 3.05) is 17.6 Å². The fourth-order valence-corrected chi connectivity index (χ4v) is 5.52. The van der Waals surface area contributed by atoms with Gasteiger partial charge in [-0.15, -0.1) is 0 Å². The van der Waals surface area contributed by atoms with Gasteiger partial charge in [0.1, 0.15) is 31.3 Å². The summed E-state index contributed by atoms with van der Waals surface area (Å²) in [6.07, 6.45) is 0. The van der Waals surface area contributed by atoms with Crippen LogP contribution in [0.2, 0.25) is 0 Å². The minimum Gasteiger partial charge on any atom is -0.478 e. The molecule has 0 fully saturated rings. The molecule has 0 aromatic heterocycles. The van der Waals surface area contributed by atoms with Gasteiger partial charge in [-0.2, -0.15) is 0 Å². The molecule has 1 amide bonds. The number of aromatic carboxylic acids is 2. The first-order valence-electron chi connectivity index (χ1n) is 17.9. The van der Waals surface area contributed by atoms with Crippen molar-refractivity contribution in [3.05, 3.63) is 190 Å². The fourth-order valence-electron chi connectivity index (χ4n) is 5.52. The normalized spacial score (nSPS) is 10.5. The minimum atomic E-state index is -1.34. The zero-order valence-corrected chi connectivity index (χ0v) is 31.2. The van der Waals surface area contributed by atoms with Crippen LogP contribution < -0.4 is 20.3 Å². The van der Waals surface area contributed by atoms with Crippen molar-refractivity contribution in [1.29, 1.82) is 0 Å². The van der Waals surface area contributed by atoms with E-state index in [-0.39, 0.29) is 60.0 Å². The zero-order chi connectivity index (χ0) is 41.6. The Morgan fingerprint density at radius 1 is 0.492 bits per heavy atom. The molecule has 4 N–H and O–H groups in total. The molecule has 0 spiro atoms. The third-order valence-corrected chi connectivity index (χ3v) is 8.56. The van der Waals surface area contributed by atoms with E-state index in [1.807, 2.05) is 36.4 Å². The summed E-state index contributed by atoms with van der Waals surface area (Å²) in [4.78, 5) is 67.7. The van der Waals surface area contributed by atoms with Crippen LogP contribution in [0.25, 0.3) is 0 Å². The van der Waals surface area contributed by atoms with Gasteiger partial charge < -0.3 is 34.5 Å². The Morgan fingerprint density at radius 2 is 0.983 bits per heavy atom. The molecule has 0 radical (unpaired) electrons. The number of carbonyl (C=O) groups excluding carboxylic acids is 3. The number of ether oxygens (including phenoxy) is 4. The van der Waals surface area contributed by atoms with Crippen molar-refractivity contribution < 1.29 is 58.0 Å². The molecular weight excluding hydrogens is 760 g/mol. The first kappa shape index (κ1) is 40.7. The highest BCUT2D eigenvalue weighted by Crippen LogP contribution is 2.22. The average Bonchev–Trinajstić information content (AvgIpc) is 3.26. The molecule has 0 aliphatic carbocycles. The monoisotopic (exact) mass is 796 g/mol. The standard InChI is InChI=1S/C45H36N2O12/c48-41(40-24-32(12-22-39(40)43(51)52)45(54)56-26-30-9-5-2-6-10-30)46-34-13-17-36(18-14-34)57-28-58-37-19-15-35(16-20-37)47-59-27-33-23-31(11-21-38(33)42(49)50)44(53)55-25-29-7-3-1-4-8-29/h1-24,47H,25-28H2,(H,46,48)(H,49,50)(H,51,52). The van der Waals surface area contributed by atoms with Crippen molar-refractivity contribution in [3.8, 4) is 11.5 Å². The van der Waals surface area contributed by atoms with Crippen LogP contribution in [-0.4, -0.2) is 46.8 Å². The number of hydrogen-bond donors (Lipinski definition) is 4. The molecule has 6 rings (SSSR count). The molecular formula is C45H36N2O12. The second-order valence-electron chi connectivity index (χ2n) is 12.7. The Morgan fingerprint density at radius 3 is 1.51 bits per heavy atom. The molecule has 6 aromatic rings. The number of esters is 2. The minimum absolute atomic E-state index is 0.0105. The number of carboxylic acids is 2. The molecule has 14 heteroatoms. The second kappa shape index (κ2) is 19.8. The summed E-state index contributed by atoms with van der Waals surface area (Å²) >= 11 is 0. The van der Waals surface area contributed by atoms with Crippen LogP contribution in [0.5, 0.6) is 11.5 Å². The summed E-state index contributed by atoms with van der Waals surface area (Å²) < 4.78 is 22.0. The van der Waals surface area contributed by atoms with E-state index >= 15 is 0 Å². The number of anilines is 2. The molecule has 0 aliphatic heterocycles. The van der Waals surface area contributed by atoms with Gasteiger partial charge >= 0.3 is 23.9 Å². The maximum absolute atomic E-state index is 13.2. The Labute approximate surface area is 337 Å². The van der Waals surface area contributed by atoms with E-state index in [9.17, 15) is 34.2 Å². The van der Waals surface area contributed by atoms with E-state index in [0.29, 0.717) is 22.9 Å². The lowest BCUT2D eigenvalue weighted by atomic mass is 10.0. The molecule has 298 valence electrons. The molecule has 0 heterocycles. The van der Waals surface area contributed by atoms with Crippen LogP contribution in [0.15, 0.2) is 146 Å². The molecule has 0 atom stereocenters. The third kappa shape index (κ3) is 11.5. The van der Waals surface area contributed by atoms with E-state index in [0.717, 1.165) is 11.1 Å². The van der Waals surface area contributed by atoms with Crippen LogP contribution in [0, 0.1) is 0 Å². The van der Waals surface area contributed by atoms with Crippen molar-refractivity contribution >= 4 is 41.2 Å². The summed E-state index contributed by atoms with van der Waals surface area (Å²) in [7, 11) is 0. The number of benzene rings is 6. The van der Waals surface area contributed by atoms with Gasteiger partial charge in [-0.1, -0.05) is 60.7 Å². The SMILES string of the molecule is O=C(OCc1ccccc1)c1ccc(C(=O)O)c(CONc2ccc(OCOc3ccc(NC(=O)c4cc(C(=O)OCc5ccccc5)ccc4C(=O)O)cc3)cc2)c1. The van der Waals surface area contributed by atoms with Crippen LogP contribution in [0.1, 0.15) is 68.5 Å². The van der Waals surface area contributed by atoms with Gasteiger partial charge in [0.2, 0.25) is 6.79 Å². The Balaban J connectivity index is 0.959. The summed E-state index contributed by atoms with van der Waals surface area (Å²) in [5.74, 6) is -3.68. The topological polar surface area (TPSA) is 196 Å². The van der Waals surface area contributed by atoms with E-state index in [1.165, 1.54) is 36.4 Å². The summed E-state index contributed by atoms with van der Waals surface area (Å²) in [6.45, 7) is -0.245. The molecule has 0 saturated heterocycles. The molecule has 59 heavy (non-hydrogen) atoms. The van der Waals surface area contributed by atoms with Gasteiger partial charge in [0, 0.05) is 5.69 Å². The zero-order valence-electron chi connectivity index (χ0n) is 31.2. The quantitative estimate of drug-likeness (QED) is 0.0371. The summed E-state index contributed by atoms with van der Waals surface area (Å²) in [6, 6.07) is 38.9. The number of rotatable bonds is 18. The Hall–Kier alpha value is -7.97. The average molecular weight is 797 g/mol. The maximum atomic E-state index is 13.2. The number of amides is 1. The maximum Gasteiger partial charge on any atom is 0.338 e. The Bertz CT molecular complexity index is 2420. The molecule has 0 unspecified atom stereocenters. The number of nitrogens with one attached hydrogen (secondary N) is 2. The third-order valence-electron chi connectivity index (χ3n) is 8.56. The molecule has 0 aliphatic rings. The second-order valence-corrected chi connectivity index (χ2v) is 12.7. The van der Waals surface area contributed by atoms with E-state index in [1.54, 1.807) is 72.8 Å². The Kier molecular flexibility index (Phi) is 13.6. The van der Waals surface area contributed by atoms with Crippen molar-refractivity contribution in [3.63, 3.8) is 0 Å². The lowest BCUT2D eigenvalue weighted by Gasteiger charge is -2.12. The van der Waals surface area contributed by atoms with E-state index < -0.39 is 29.8 Å². The van der Waals surface area contributed by atoms with Crippen LogP contribution in [-0.2, 0) is 34.1 Å². The van der Waals surface area contributed by atoms with E-state index in [2.05, 4.69) is 10.8 Å². The van der Waals surface area contributed by atoms with Gasteiger partial charge in [-0.3, -0.25) is 15.1 Å². The van der Waals surface area contributed by atoms with Crippen LogP contribution >= 0.6 is 0 Å². The van der Waals surface area contributed by atoms with Crippen molar-refractivity contribution in [2.24, 2.45) is 0 Å². The number of carbonyl (C=O) groups is 5. The van der Waals surface area contributed by atoms with Crippen LogP contribution in [0.3, 0.4) is 0 Å². The fraction of sp³-hybridized carbons (Fsp3) is 0.0889. The highest BCUT2D eigenvalue weighted by molar-refractivity contribution is 6.12. The number of hydrogen-bond acceptors (Lipinski definition) is 11.